The molecule has 0 aliphatic rings. The first kappa shape index (κ1) is 16.8. The van der Waals surface area contributed by atoms with Crippen LogP contribution in [0.15, 0.2) is 18.2 Å². The summed E-state index contributed by atoms with van der Waals surface area (Å²) in [6.07, 6.45) is -0.761. The Balaban J connectivity index is 2.36. The Hall–Kier alpha value is -1.21. The maximum Gasteiger partial charge on any atom is 0.127 e. The molecule has 1 aromatic carbocycles. The molecule has 0 aromatic heterocycles. The van der Waals surface area contributed by atoms with Gasteiger partial charge < -0.3 is 24.6 Å². The summed E-state index contributed by atoms with van der Waals surface area (Å²) in [5, 5.41) is 12.6. The van der Waals surface area contributed by atoms with E-state index in [0.717, 1.165) is 5.56 Å². The summed E-state index contributed by atoms with van der Waals surface area (Å²) in [6.45, 7) is 1.65. The van der Waals surface area contributed by atoms with E-state index in [1.807, 2.05) is 0 Å². The van der Waals surface area contributed by atoms with Crippen LogP contribution in [0.5, 0.6) is 5.75 Å². The van der Waals surface area contributed by atoms with E-state index in [2.05, 4.69) is 5.32 Å². The van der Waals surface area contributed by atoms with E-state index in [9.17, 15) is 9.50 Å². The average molecular weight is 287 g/mol. The standard InChI is InChI=1S/C14H22FNO4/c1-16-8-11-5-12(15)7-14(6-11)20-10-13(17)9-19-4-3-18-2/h5-7,13,16-17H,3-4,8-10H2,1-2H3. The van der Waals surface area contributed by atoms with Crippen LogP contribution in [0, 0.1) is 5.82 Å². The fourth-order valence-corrected chi connectivity index (χ4v) is 1.61. The maximum atomic E-state index is 13.4. The van der Waals surface area contributed by atoms with Gasteiger partial charge >= 0.3 is 0 Å². The molecular weight excluding hydrogens is 265 g/mol. The molecule has 0 bridgehead atoms. The van der Waals surface area contributed by atoms with Crippen molar-refractivity contribution in [2.75, 3.05) is 40.6 Å². The highest BCUT2D eigenvalue weighted by Gasteiger charge is 2.07. The van der Waals surface area contributed by atoms with Crippen molar-refractivity contribution in [3.05, 3.63) is 29.6 Å². The molecule has 2 N–H and O–H groups in total. The Morgan fingerprint density at radius 3 is 2.75 bits per heavy atom. The minimum Gasteiger partial charge on any atom is -0.491 e. The molecule has 6 heteroatoms. The SMILES string of the molecule is CNCc1cc(F)cc(OCC(O)COCCOC)c1. The normalized spacial score (nSPS) is 12.4. The summed E-state index contributed by atoms with van der Waals surface area (Å²) in [4.78, 5) is 0. The molecule has 0 fully saturated rings. The summed E-state index contributed by atoms with van der Waals surface area (Å²) in [5.41, 5.74) is 0.785. The molecule has 0 saturated carbocycles. The summed E-state index contributed by atoms with van der Waals surface area (Å²) >= 11 is 0. The van der Waals surface area contributed by atoms with E-state index in [-0.39, 0.29) is 19.0 Å². The second kappa shape index (κ2) is 9.66. The van der Waals surface area contributed by atoms with Gasteiger partial charge in [-0.2, -0.15) is 0 Å². The molecule has 1 atom stereocenters. The molecular formula is C14H22FNO4. The van der Waals surface area contributed by atoms with E-state index in [1.165, 1.54) is 12.1 Å². The number of halogens is 1. The van der Waals surface area contributed by atoms with Crippen LogP contribution in [0.3, 0.4) is 0 Å². The first-order chi connectivity index (χ1) is 9.65. The van der Waals surface area contributed by atoms with Crippen molar-refractivity contribution in [3.8, 4) is 5.75 Å². The molecule has 1 unspecified atom stereocenters. The molecule has 0 spiro atoms. The minimum absolute atomic E-state index is 0.0510. The molecule has 0 aliphatic carbocycles. The van der Waals surface area contributed by atoms with Gasteiger partial charge in [0.15, 0.2) is 0 Å². The van der Waals surface area contributed by atoms with Crippen molar-refractivity contribution < 1.29 is 23.7 Å². The van der Waals surface area contributed by atoms with Crippen molar-refractivity contribution in [1.82, 2.24) is 5.32 Å². The summed E-state index contributed by atoms with van der Waals surface area (Å²) in [7, 11) is 3.36. The fraction of sp³-hybridized carbons (Fsp3) is 0.571. The average Bonchev–Trinajstić information content (AvgIpc) is 2.41. The van der Waals surface area contributed by atoms with Crippen LogP contribution in [0.1, 0.15) is 5.56 Å². The number of rotatable bonds is 10. The number of aliphatic hydroxyl groups excluding tert-OH is 1. The van der Waals surface area contributed by atoms with Gasteiger partial charge in [0.05, 0.1) is 19.8 Å². The molecule has 114 valence electrons. The maximum absolute atomic E-state index is 13.4. The lowest BCUT2D eigenvalue weighted by molar-refractivity contribution is -0.00424. The van der Waals surface area contributed by atoms with E-state index >= 15 is 0 Å². The van der Waals surface area contributed by atoms with Crippen molar-refractivity contribution in [1.29, 1.82) is 0 Å². The number of nitrogens with one attached hydrogen (secondary N) is 1. The fourth-order valence-electron chi connectivity index (χ4n) is 1.61. The largest absolute Gasteiger partial charge is 0.491 e. The third kappa shape index (κ3) is 6.81. The van der Waals surface area contributed by atoms with Crippen LogP contribution in [-0.2, 0) is 16.0 Å². The lowest BCUT2D eigenvalue weighted by Crippen LogP contribution is -2.24. The van der Waals surface area contributed by atoms with Crippen LogP contribution in [-0.4, -0.2) is 51.8 Å². The molecule has 0 heterocycles. The molecule has 1 aromatic rings. The van der Waals surface area contributed by atoms with Gasteiger partial charge in [0.25, 0.3) is 0 Å². The second-order valence-electron chi connectivity index (χ2n) is 4.36. The summed E-state index contributed by atoms with van der Waals surface area (Å²) in [6, 6.07) is 4.46. The lowest BCUT2D eigenvalue weighted by Gasteiger charge is -2.13. The molecule has 0 saturated heterocycles. The highest BCUT2D eigenvalue weighted by atomic mass is 19.1. The molecule has 1 rings (SSSR count). The summed E-state index contributed by atoms with van der Waals surface area (Å²) < 4.78 is 28.7. The van der Waals surface area contributed by atoms with E-state index in [4.69, 9.17) is 14.2 Å². The van der Waals surface area contributed by atoms with Crippen molar-refractivity contribution >= 4 is 0 Å². The number of methoxy groups -OCH3 is 1. The highest BCUT2D eigenvalue weighted by Crippen LogP contribution is 2.16. The first-order valence-electron chi connectivity index (χ1n) is 6.47. The topological polar surface area (TPSA) is 60.0 Å². The van der Waals surface area contributed by atoms with Crippen LogP contribution >= 0.6 is 0 Å². The van der Waals surface area contributed by atoms with E-state index in [1.54, 1.807) is 20.2 Å². The monoisotopic (exact) mass is 287 g/mol. The molecule has 20 heavy (non-hydrogen) atoms. The van der Waals surface area contributed by atoms with Gasteiger partial charge in [-0.1, -0.05) is 0 Å². The predicted octanol–water partition coefficient (Wildman–Crippen LogP) is 0.948. The van der Waals surface area contributed by atoms with Gasteiger partial charge in [0, 0.05) is 19.7 Å². The highest BCUT2D eigenvalue weighted by molar-refractivity contribution is 5.29. The second-order valence-corrected chi connectivity index (χ2v) is 4.36. The predicted molar refractivity (Wildman–Crippen MR) is 73.4 cm³/mol. The zero-order valence-electron chi connectivity index (χ0n) is 11.9. The Labute approximate surface area is 118 Å². The smallest absolute Gasteiger partial charge is 0.127 e. The first-order valence-corrected chi connectivity index (χ1v) is 6.47. The zero-order chi connectivity index (χ0) is 14.8. The van der Waals surface area contributed by atoms with Gasteiger partial charge in [0.1, 0.15) is 24.3 Å². The Morgan fingerprint density at radius 1 is 1.25 bits per heavy atom. The number of benzene rings is 1. The van der Waals surface area contributed by atoms with E-state index in [0.29, 0.717) is 25.5 Å². The number of hydrogen-bond donors (Lipinski definition) is 2. The number of ether oxygens (including phenoxy) is 3. The Kier molecular flexibility index (Phi) is 8.13. The lowest BCUT2D eigenvalue weighted by atomic mass is 10.2. The van der Waals surface area contributed by atoms with Crippen molar-refractivity contribution in [2.24, 2.45) is 0 Å². The van der Waals surface area contributed by atoms with Crippen LogP contribution in [0.4, 0.5) is 4.39 Å². The Morgan fingerprint density at radius 2 is 2.05 bits per heavy atom. The van der Waals surface area contributed by atoms with Gasteiger partial charge in [-0.05, 0) is 24.7 Å². The molecule has 0 aliphatic heterocycles. The van der Waals surface area contributed by atoms with Crippen LogP contribution in [0.2, 0.25) is 0 Å². The minimum atomic E-state index is -0.761. The molecule has 0 radical (unpaired) electrons. The van der Waals surface area contributed by atoms with Gasteiger partial charge in [-0.15, -0.1) is 0 Å². The quantitative estimate of drug-likeness (QED) is 0.627. The number of hydrogen-bond acceptors (Lipinski definition) is 5. The third-order valence-corrected chi connectivity index (χ3v) is 2.50. The molecule has 0 amide bonds. The molecule has 5 nitrogen and oxygen atoms in total. The summed E-state index contributed by atoms with van der Waals surface area (Å²) in [5.74, 6) is 0.0322. The van der Waals surface area contributed by atoms with Crippen molar-refractivity contribution in [3.63, 3.8) is 0 Å². The third-order valence-electron chi connectivity index (χ3n) is 2.50. The van der Waals surface area contributed by atoms with Crippen molar-refractivity contribution in [2.45, 2.75) is 12.6 Å². The number of aliphatic hydroxyl groups is 1. The van der Waals surface area contributed by atoms with Gasteiger partial charge in [-0.3, -0.25) is 0 Å². The van der Waals surface area contributed by atoms with Crippen LogP contribution in [0.25, 0.3) is 0 Å². The van der Waals surface area contributed by atoms with Crippen LogP contribution < -0.4 is 10.1 Å². The Bertz CT molecular complexity index is 389. The zero-order valence-corrected chi connectivity index (χ0v) is 11.9. The van der Waals surface area contributed by atoms with Gasteiger partial charge in [-0.25, -0.2) is 4.39 Å². The van der Waals surface area contributed by atoms with E-state index < -0.39 is 6.10 Å². The van der Waals surface area contributed by atoms with Gasteiger partial charge in [0.2, 0.25) is 0 Å².